The number of piperidine rings is 1. The van der Waals surface area contributed by atoms with Gasteiger partial charge >= 0.3 is 0 Å². The highest BCUT2D eigenvalue weighted by molar-refractivity contribution is 7.89. The van der Waals surface area contributed by atoms with Crippen LogP contribution in [0.15, 0.2) is 53.4 Å². The van der Waals surface area contributed by atoms with Crippen LogP contribution in [0.2, 0.25) is 0 Å². The van der Waals surface area contributed by atoms with E-state index in [9.17, 15) is 13.2 Å². The van der Waals surface area contributed by atoms with Crippen molar-refractivity contribution < 1.29 is 13.2 Å². The number of nitrogens with zero attached hydrogens (tertiary/aromatic N) is 2. The highest BCUT2D eigenvalue weighted by Crippen LogP contribution is 2.23. The topological polar surface area (TPSA) is 95.2 Å². The number of H-pyrrole nitrogens is 1. The van der Waals surface area contributed by atoms with Crippen molar-refractivity contribution in [2.24, 2.45) is 5.92 Å². The Morgan fingerprint density at radius 1 is 1.13 bits per heavy atom. The predicted octanol–water partition coefficient (Wildman–Crippen LogP) is 3.35. The fraction of sp³-hybridized carbons (Fsp3) is 0.391. The number of imidazole rings is 1. The molecule has 164 valence electrons. The minimum absolute atomic E-state index is 0.208. The highest BCUT2D eigenvalue weighted by Gasteiger charge is 2.28. The molecule has 0 saturated carbocycles. The van der Waals surface area contributed by atoms with Crippen LogP contribution in [-0.4, -0.2) is 48.2 Å². The fourth-order valence-corrected chi connectivity index (χ4v) is 5.31. The van der Waals surface area contributed by atoms with E-state index >= 15 is 0 Å². The average Bonchev–Trinajstić information content (AvgIpc) is 3.20. The highest BCUT2D eigenvalue weighted by atomic mass is 32.2. The van der Waals surface area contributed by atoms with Crippen LogP contribution in [0.25, 0.3) is 11.0 Å². The van der Waals surface area contributed by atoms with Crippen molar-refractivity contribution in [1.29, 1.82) is 0 Å². The Labute approximate surface area is 182 Å². The van der Waals surface area contributed by atoms with Gasteiger partial charge in [0.2, 0.25) is 10.0 Å². The van der Waals surface area contributed by atoms with Crippen molar-refractivity contribution in [3.8, 4) is 0 Å². The van der Waals surface area contributed by atoms with E-state index in [0.717, 1.165) is 42.5 Å². The maximum atomic E-state index is 12.8. The van der Waals surface area contributed by atoms with Gasteiger partial charge in [-0.25, -0.2) is 13.4 Å². The summed E-state index contributed by atoms with van der Waals surface area (Å²) in [6.07, 6.45) is 3.26. The van der Waals surface area contributed by atoms with Gasteiger partial charge in [-0.3, -0.25) is 4.79 Å². The lowest BCUT2D eigenvalue weighted by atomic mass is 10.0. The smallest absolute Gasteiger partial charge is 0.251 e. The average molecular weight is 441 g/mol. The summed E-state index contributed by atoms with van der Waals surface area (Å²) < 4.78 is 27.1. The molecule has 0 radical (unpaired) electrons. The summed E-state index contributed by atoms with van der Waals surface area (Å²) in [6.45, 7) is 3.77. The van der Waals surface area contributed by atoms with E-state index in [4.69, 9.17) is 0 Å². The monoisotopic (exact) mass is 440 g/mol. The molecule has 2 aromatic carbocycles. The molecule has 1 aromatic heterocycles. The number of nitrogens with one attached hydrogen (secondary N) is 2. The van der Waals surface area contributed by atoms with E-state index in [1.54, 1.807) is 16.4 Å². The summed E-state index contributed by atoms with van der Waals surface area (Å²) in [5.74, 6) is 1.25. The molecule has 1 amide bonds. The number of amides is 1. The molecular weight excluding hydrogens is 412 g/mol. The number of sulfonamides is 1. The second-order valence-corrected chi connectivity index (χ2v) is 10.1. The van der Waals surface area contributed by atoms with Gasteiger partial charge < -0.3 is 10.3 Å². The Balaban J connectivity index is 1.29. The van der Waals surface area contributed by atoms with Crippen molar-refractivity contribution >= 4 is 27.0 Å². The van der Waals surface area contributed by atoms with Crippen molar-refractivity contribution in [3.05, 3.63) is 59.9 Å². The van der Waals surface area contributed by atoms with E-state index in [2.05, 4.69) is 22.2 Å². The predicted molar refractivity (Wildman–Crippen MR) is 120 cm³/mol. The summed E-state index contributed by atoms with van der Waals surface area (Å²) in [5, 5.41) is 2.89. The summed E-state index contributed by atoms with van der Waals surface area (Å²) in [4.78, 5) is 20.5. The number of aromatic amines is 1. The Morgan fingerprint density at radius 2 is 1.84 bits per heavy atom. The fourth-order valence-electron chi connectivity index (χ4n) is 3.84. The molecule has 4 rings (SSSR count). The summed E-state index contributed by atoms with van der Waals surface area (Å²) in [7, 11) is -3.50. The van der Waals surface area contributed by atoms with Gasteiger partial charge in [0.1, 0.15) is 5.82 Å². The number of aromatic nitrogens is 2. The number of hydrogen-bond acceptors (Lipinski definition) is 4. The lowest BCUT2D eigenvalue weighted by molar-refractivity contribution is 0.0953. The van der Waals surface area contributed by atoms with Crippen molar-refractivity contribution in [1.82, 2.24) is 19.6 Å². The minimum atomic E-state index is -3.50. The Bertz CT molecular complexity index is 1110. The third kappa shape index (κ3) is 4.97. The number of fused-ring (bicyclic) bond motifs is 1. The summed E-state index contributed by atoms with van der Waals surface area (Å²) >= 11 is 0. The molecule has 2 N–H and O–H groups in total. The van der Waals surface area contributed by atoms with E-state index in [-0.39, 0.29) is 10.8 Å². The van der Waals surface area contributed by atoms with Gasteiger partial charge in [0.25, 0.3) is 5.91 Å². The van der Waals surface area contributed by atoms with Crippen LogP contribution in [-0.2, 0) is 16.4 Å². The number of rotatable bonds is 7. The minimum Gasteiger partial charge on any atom is -0.352 e. The van der Waals surface area contributed by atoms with Gasteiger partial charge in [-0.2, -0.15) is 4.31 Å². The quantitative estimate of drug-likeness (QED) is 0.551. The molecule has 0 unspecified atom stereocenters. The number of benzene rings is 2. The van der Waals surface area contributed by atoms with Gasteiger partial charge in [0.15, 0.2) is 0 Å². The van der Waals surface area contributed by atoms with Crippen LogP contribution in [0.5, 0.6) is 0 Å². The third-order valence-electron chi connectivity index (χ3n) is 5.81. The second-order valence-electron chi connectivity index (χ2n) is 8.17. The molecule has 3 aromatic rings. The van der Waals surface area contributed by atoms with Crippen molar-refractivity contribution in [3.63, 3.8) is 0 Å². The lowest BCUT2D eigenvalue weighted by Gasteiger charge is -2.29. The molecule has 0 spiro atoms. The summed E-state index contributed by atoms with van der Waals surface area (Å²) in [5.41, 5.74) is 2.40. The molecule has 0 atom stereocenters. The normalized spacial score (nSPS) is 15.9. The first-order valence-corrected chi connectivity index (χ1v) is 12.2. The van der Waals surface area contributed by atoms with E-state index < -0.39 is 10.0 Å². The van der Waals surface area contributed by atoms with Gasteiger partial charge in [-0.1, -0.05) is 19.1 Å². The van der Waals surface area contributed by atoms with Crippen LogP contribution in [0, 0.1) is 5.92 Å². The van der Waals surface area contributed by atoms with Gasteiger partial charge in [-0.15, -0.1) is 0 Å². The van der Waals surface area contributed by atoms with Crippen LogP contribution in [0.4, 0.5) is 0 Å². The number of hydrogen-bond donors (Lipinski definition) is 2. The third-order valence-corrected chi connectivity index (χ3v) is 7.72. The van der Waals surface area contributed by atoms with Crippen LogP contribution >= 0.6 is 0 Å². The number of carbonyl (C=O) groups excluding carboxylic acids is 1. The molecule has 2 heterocycles. The second kappa shape index (κ2) is 9.20. The zero-order chi connectivity index (χ0) is 21.8. The molecular formula is C23H28N4O3S. The maximum Gasteiger partial charge on any atom is 0.251 e. The Kier molecular flexibility index (Phi) is 6.38. The molecule has 1 fully saturated rings. The molecule has 8 heteroatoms. The van der Waals surface area contributed by atoms with E-state index in [0.29, 0.717) is 31.1 Å². The largest absolute Gasteiger partial charge is 0.352 e. The molecule has 7 nitrogen and oxygen atoms in total. The first-order chi connectivity index (χ1) is 14.9. The summed E-state index contributed by atoms with van der Waals surface area (Å²) in [6, 6.07) is 14.1. The van der Waals surface area contributed by atoms with E-state index in [1.165, 1.54) is 12.1 Å². The van der Waals surface area contributed by atoms with Crippen LogP contribution < -0.4 is 5.32 Å². The molecule has 0 aliphatic carbocycles. The zero-order valence-electron chi connectivity index (χ0n) is 17.7. The standard InChI is InChI=1S/C23H28N4O3S/c1-17-12-15-27(16-13-17)31(29,30)19-10-8-18(9-11-19)23(28)24-14-4-7-22-25-20-5-2-3-6-21(20)26-22/h2-3,5-6,8-11,17H,4,7,12-16H2,1H3,(H,24,28)(H,25,26). The molecule has 1 aliphatic rings. The molecule has 0 bridgehead atoms. The van der Waals surface area contributed by atoms with Crippen LogP contribution in [0.1, 0.15) is 42.4 Å². The lowest BCUT2D eigenvalue weighted by Crippen LogP contribution is -2.37. The number of para-hydroxylation sites is 2. The van der Waals surface area contributed by atoms with Gasteiger partial charge in [0, 0.05) is 31.6 Å². The van der Waals surface area contributed by atoms with E-state index in [1.807, 2.05) is 24.3 Å². The Morgan fingerprint density at radius 3 is 2.55 bits per heavy atom. The van der Waals surface area contributed by atoms with Gasteiger partial charge in [-0.05, 0) is 61.6 Å². The maximum absolute atomic E-state index is 12.8. The first-order valence-electron chi connectivity index (χ1n) is 10.8. The zero-order valence-corrected chi connectivity index (χ0v) is 18.5. The molecule has 31 heavy (non-hydrogen) atoms. The Hall–Kier alpha value is -2.71. The SMILES string of the molecule is CC1CCN(S(=O)(=O)c2ccc(C(=O)NCCCc3nc4ccccc4[nH]3)cc2)CC1. The van der Waals surface area contributed by atoms with Crippen molar-refractivity contribution in [2.75, 3.05) is 19.6 Å². The number of carbonyl (C=O) groups is 1. The van der Waals surface area contributed by atoms with Crippen molar-refractivity contribution in [2.45, 2.75) is 37.5 Å². The molecule has 1 saturated heterocycles. The first kappa shape index (κ1) is 21.5. The molecule has 1 aliphatic heterocycles. The van der Waals surface area contributed by atoms with Gasteiger partial charge in [0.05, 0.1) is 15.9 Å². The number of aryl methyl sites for hydroxylation is 1. The van der Waals surface area contributed by atoms with Crippen LogP contribution in [0.3, 0.4) is 0 Å².